The predicted octanol–water partition coefficient (Wildman–Crippen LogP) is 3.00. The van der Waals surface area contributed by atoms with Crippen LogP contribution in [-0.4, -0.2) is 28.7 Å². The summed E-state index contributed by atoms with van der Waals surface area (Å²) in [7, 11) is 0. The molecule has 25 heavy (non-hydrogen) atoms. The van der Waals surface area contributed by atoms with E-state index in [9.17, 15) is 14.4 Å². The van der Waals surface area contributed by atoms with E-state index in [-0.39, 0.29) is 29.9 Å². The molecule has 2 aromatic carbocycles. The molecule has 1 fully saturated rings. The number of carbonyl (C=O) groups is 3. The number of para-hydroxylation sites is 1. The fraction of sp³-hybridized carbons (Fsp3) is 0.211. The second-order valence-electron chi connectivity index (χ2n) is 5.82. The molecule has 0 spiro atoms. The first-order valence-corrected chi connectivity index (χ1v) is 8.99. The molecule has 0 aliphatic carbocycles. The van der Waals surface area contributed by atoms with Crippen molar-refractivity contribution in [3.63, 3.8) is 0 Å². The first-order chi connectivity index (χ1) is 12.0. The van der Waals surface area contributed by atoms with Gasteiger partial charge >= 0.3 is 0 Å². The summed E-state index contributed by atoms with van der Waals surface area (Å²) in [5.41, 5.74) is 2.35. The van der Waals surface area contributed by atoms with Crippen LogP contribution in [0.3, 0.4) is 0 Å². The number of hydrogen-bond acceptors (Lipinski definition) is 4. The molecule has 1 aliphatic heterocycles. The minimum atomic E-state index is -0.518. The van der Waals surface area contributed by atoms with Crippen molar-refractivity contribution in [1.29, 1.82) is 0 Å². The van der Waals surface area contributed by atoms with Crippen LogP contribution in [0.15, 0.2) is 54.6 Å². The Morgan fingerprint density at radius 1 is 1.12 bits per heavy atom. The number of carbonyl (C=O) groups excluding carboxylic acids is 3. The highest BCUT2D eigenvalue weighted by molar-refractivity contribution is 8.01. The van der Waals surface area contributed by atoms with Gasteiger partial charge in [0.2, 0.25) is 17.7 Å². The summed E-state index contributed by atoms with van der Waals surface area (Å²) < 4.78 is 0. The third-order valence-corrected chi connectivity index (χ3v) is 5.07. The van der Waals surface area contributed by atoms with Crippen molar-refractivity contribution >= 4 is 40.9 Å². The minimum absolute atomic E-state index is 0.121. The monoisotopic (exact) mass is 354 g/mol. The van der Waals surface area contributed by atoms with Crippen LogP contribution in [0.2, 0.25) is 0 Å². The Balaban J connectivity index is 1.59. The molecule has 1 unspecified atom stereocenters. The number of imide groups is 1. The van der Waals surface area contributed by atoms with Crippen LogP contribution in [-0.2, 0) is 14.4 Å². The second-order valence-corrected chi connectivity index (χ2v) is 7.01. The lowest BCUT2D eigenvalue weighted by Crippen LogP contribution is -2.31. The van der Waals surface area contributed by atoms with Crippen molar-refractivity contribution < 1.29 is 14.4 Å². The topological polar surface area (TPSA) is 66.5 Å². The number of aryl methyl sites for hydroxylation is 1. The van der Waals surface area contributed by atoms with Crippen LogP contribution >= 0.6 is 11.8 Å². The van der Waals surface area contributed by atoms with Crippen LogP contribution in [0.5, 0.6) is 0 Å². The number of benzene rings is 2. The van der Waals surface area contributed by atoms with E-state index in [1.165, 1.54) is 16.7 Å². The van der Waals surface area contributed by atoms with Crippen molar-refractivity contribution in [3.05, 3.63) is 60.2 Å². The lowest BCUT2D eigenvalue weighted by Gasteiger charge is -2.15. The van der Waals surface area contributed by atoms with E-state index in [2.05, 4.69) is 5.32 Å². The fourth-order valence-electron chi connectivity index (χ4n) is 2.59. The van der Waals surface area contributed by atoms with Gasteiger partial charge in [-0.2, -0.15) is 0 Å². The van der Waals surface area contributed by atoms with Gasteiger partial charge in [-0.15, -0.1) is 11.8 Å². The quantitative estimate of drug-likeness (QED) is 0.838. The van der Waals surface area contributed by atoms with E-state index in [1.54, 1.807) is 24.3 Å². The zero-order valence-electron chi connectivity index (χ0n) is 13.8. The number of thioether (sulfide) groups is 1. The van der Waals surface area contributed by atoms with Gasteiger partial charge in [-0.3, -0.25) is 14.4 Å². The van der Waals surface area contributed by atoms with Gasteiger partial charge in [0.05, 0.1) is 16.7 Å². The van der Waals surface area contributed by atoms with E-state index < -0.39 is 5.25 Å². The average Bonchev–Trinajstić information content (AvgIpc) is 2.89. The smallest absolute Gasteiger partial charge is 0.247 e. The molecule has 3 rings (SSSR count). The maximum atomic E-state index is 12.5. The molecule has 6 heteroatoms. The zero-order valence-corrected chi connectivity index (χ0v) is 14.6. The van der Waals surface area contributed by atoms with Gasteiger partial charge in [0.1, 0.15) is 0 Å². The molecule has 0 saturated carbocycles. The summed E-state index contributed by atoms with van der Waals surface area (Å²) in [6, 6.07) is 16.4. The summed E-state index contributed by atoms with van der Waals surface area (Å²) in [5, 5.41) is 2.25. The molecule has 2 aromatic rings. The normalized spacial score (nSPS) is 17.0. The molecule has 0 radical (unpaired) electrons. The number of hydrogen-bond donors (Lipinski definition) is 1. The molecule has 0 aromatic heterocycles. The fourth-order valence-corrected chi connectivity index (χ4v) is 3.53. The molecule has 1 N–H and O–H groups in total. The van der Waals surface area contributed by atoms with E-state index in [4.69, 9.17) is 0 Å². The van der Waals surface area contributed by atoms with Crippen molar-refractivity contribution in [2.75, 3.05) is 16.0 Å². The van der Waals surface area contributed by atoms with Crippen molar-refractivity contribution in [1.82, 2.24) is 0 Å². The zero-order chi connectivity index (χ0) is 17.8. The van der Waals surface area contributed by atoms with E-state index in [1.807, 2.05) is 37.3 Å². The molecule has 128 valence electrons. The van der Waals surface area contributed by atoms with Crippen molar-refractivity contribution in [2.24, 2.45) is 0 Å². The van der Waals surface area contributed by atoms with Crippen LogP contribution in [0.1, 0.15) is 12.0 Å². The maximum absolute atomic E-state index is 12.5. The molecular weight excluding hydrogens is 336 g/mol. The minimum Gasteiger partial charge on any atom is -0.325 e. The number of nitrogens with zero attached hydrogens (tertiary/aromatic N) is 1. The lowest BCUT2D eigenvalue weighted by atomic mass is 10.2. The van der Waals surface area contributed by atoms with Crippen molar-refractivity contribution in [2.45, 2.75) is 18.6 Å². The third-order valence-electron chi connectivity index (χ3n) is 3.87. The van der Waals surface area contributed by atoms with E-state index in [0.29, 0.717) is 11.4 Å². The average molecular weight is 354 g/mol. The Morgan fingerprint density at radius 2 is 1.80 bits per heavy atom. The van der Waals surface area contributed by atoms with Crippen LogP contribution < -0.4 is 10.2 Å². The first kappa shape index (κ1) is 17.2. The van der Waals surface area contributed by atoms with Gasteiger partial charge in [0.15, 0.2) is 0 Å². The lowest BCUT2D eigenvalue weighted by molar-refractivity contribution is -0.121. The van der Waals surface area contributed by atoms with Crippen LogP contribution in [0.4, 0.5) is 11.4 Å². The highest BCUT2D eigenvalue weighted by Gasteiger charge is 2.39. The van der Waals surface area contributed by atoms with Crippen molar-refractivity contribution in [3.8, 4) is 0 Å². The molecule has 0 bridgehead atoms. The molecular formula is C19H18N2O3S. The summed E-state index contributed by atoms with van der Waals surface area (Å²) in [6.45, 7) is 1.95. The SMILES string of the molecule is Cc1ccc(N2C(=O)CC(SCC(=O)Nc3ccccc3)C2=O)cc1. The highest BCUT2D eigenvalue weighted by Crippen LogP contribution is 2.29. The molecule has 3 amide bonds. The Hall–Kier alpha value is -2.60. The first-order valence-electron chi connectivity index (χ1n) is 7.94. The molecule has 1 saturated heterocycles. The van der Waals surface area contributed by atoms with Crippen LogP contribution in [0, 0.1) is 6.92 Å². The third kappa shape index (κ3) is 4.09. The van der Waals surface area contributed by atoms with E-state index in [0.717, 1.165) is 5.56 Å². The van der Waals surface area contributed by atoms with Gasteiger partial charge in [-0.1, -0.05) is 35.9 Å². The Morgan fingerprint density at radius 3 is 2.48 bits per heavy atom. The van der Waals surface area contributed by atoms with Gasteiger partial charge < -0.3 is 5.32 Å². The maximum Gasteiger partial charge on any atom is 0.247 e. The summed E-state index contributed by atoms with van der Waals surface area (Å²) in [6.07, 6.45) is 0.121. The summed E-state index contributed by atoms with van der Waals surface area (Å²) in [4.78, 5) is 38.0. The Bertz CT molecular complexity index is 790. The number of rotatable bonds is 5. The van der Waals surface area contributed by atoms with Gasteiger partial charge in [0, 0.05) is 12.1 Å². The summed E-state index contributed by atoms with van der Waals surface area (Å²) in [5.74, 6) is -0.549. The predicted molar refractivity (Wildman–Crippen MR) is 99.6 cm³/mol. The Labute approximate surface area is 150 Å². The van der Waals surface area contributed by atoms with Crippen LogP contribution in [0.25, 0.3) is 0 Å². The number of anilines is 2. The van der Waals surface area contributed by atoms with Gasteiger partial charge in [-0.25, -0.2) is 4.90 Å². The van der Waals surface area contributed by atoms with E-state index >= 15 is 0 Å². The Kier molecular flexibility index (Phi) is 5.19. The number of amides is 3. The number of nitrogens with one attached hydrogen (secondary N) is 1. The van der Waals surface area contributed by atoms with Gasteiger partial charge in [0.25, 0.3) is 0 Å². The summed E-state index contributed by atoms with van der Waals surface area (Å²) >= 11 is 1.20. The molecule has 1 heterocycles. The largest absolute Gasteiger partial charge is 0.325 e. The molecule has 1 aliphatic rings. The highest BCUT2D eigenvalue weighted by atomic mass is 32.2. The molecule has 1 atom stereocenters. The van der Waals surface area contributed by atoms with Gasteiger partial charge in [-0.05, 0) is 31.2 Å². The second kappa shape index (κ2) is 7.53. The standard InChI is InChI=1S/C19H18N2O3S/c1-13-7-9-15(10-8-13)21-18(23)11-16(19(21)24)25-12-17(22)20-14-5-3-2-4-6-14/h2-10,16H,11-12H2,1H3,(H,20,22). The molecule has 5 nitrogen and oxygen atoms in total.